The summed E-state index contributed by atoms with van der Waals surface area (Å²) in [6.07, 6.45) is 2.06. The standard InChI is InChI=1S/C19H22BrN3OS3.ClH/c1-4-22(5-2)11-12-23(18(24)15-9-10-16(20)26-15)19-21-17-13(25-3)7-6-8-14(17)27-19;/h6-10H,4-5,11-12H2,1-3H3;1H. The first kappa shape index (κ1) is 23.6. The number of thioether (sulfide) groups is 1. The first-order chi connectivity index (χ1) is 13.1. The average Bonchev–Trinajstić information content (AvgIpc) is 3.30. The molecular formula is C19H23BrClN3OS3. The van der Waals surface area contributed by atoms with Crippen LogP contribution in [0.3, 0.4) is 0 Å². The number of anilines is 1. The molecule has 1 amide bonds. The lowest BCUT2D eigenvalue weighted by molar-refractivity contribution is 0.0987. The number of carbonyl (C=O) groups is 1. The maximum absolute atomic E-state index is 13.2. The van der Waals surface area contributed by atoms with Gasteiger partial charge in [0.05, 0.1) is 18.9 Å². The molecule has 0 N–H and O–H groups in total. The van der Waals surface area contributed by atoms with E-state index in [2.05, 4.69) is 59.1 Å². The number of benzene rings is 1. The number of para-hydroxylation sites is 1. The highest BCUT2D eigenvalue weighted by Crippen LogP contribution is 2.35. The van der Waals surface area contributed by atoms with Crippen LogP contribution in [-0.4, -0.2) is 48.2 Å². The van der Waals surface area contributed by atoms with Gasteiger partial charge in [-0.1, -0.05) is 31.3 Å². The molecule has 9 heteroatoms. The van der Waals surface area contributed by atoms with Gasteiger partial charge in [-0.15, -0.1) is 35.5 Å². The summed E-state index contributed by atoms with van der Waals surface area (Å²) in [5.41, 5.74) is 0.984. The zero-order valence-electron chi connectivity index (χ0n) is 16.0. The van der Waals surface area contributed by atoms with Crippen molar-refractivity contribution in [2.75, 3.05) is 37.3 Å². The maximum atomic E-state index is 13.2. The van der Waals surface area contributed by atoms with Crippen molar-refractivity contribution in [3.8, 4) is 0 Å². The van der Waals surface area contributed by atoms with Crippen molar-refractivity contribution < 1.29 is 4.79 Å². The molecule has 0 radical (unpaired) electrons. The topological polar surface area (TPSA) is 36.4 Å². The number of thiophene rings is 1. The molecule has 0 bridgehead atoms. The number of hydrogen-bond acceptors (Lipinski definition) is 6. The number of thiazole rings is 1. The monoisotopic (exact) mass is 519 g/mol. The number of aromatic nitrogens is 1. The van der Waals surface area contributed by atoms with E-state index in [1.165, 1.54) is 11.3 Å². The number of fused-ring (bicyclic) bond motifs is 1. The summed E-state index contributed by atoms with van der Waals surface area (Å²) in [4.78, 5) is 24.1. The van der Waals surface area contributed by atoms with Crippen molar-refractivity contribution in [3.05, 3.63) is 39.0 Å². The van der Waals surface area contributed by atoms with E-state index in [0.717, 1.165) is 48.5 Å². The molecule has 0 spiro atoms. The zero-order valence-corrected chi connectivity index (χ0v) is 20.8. The minimum Gasteiger partial charge on any atom is -0.302 e. The van der Waals surface area contributed by atoms with Crippen molar-refractivity contribution in [1.29, 1.82) is 0 Å². The molecule has 0 saturated carbocycles. The molecule has 2 aromatic heterocycles. The summed E-state index contributed by atoms with van der Waals surface area (Å²) in [6, 6.07) is 10.0. The van der Waals surface area contributed by atoms with Gasteiger partial charge in [-0.3, -0.25) is 9.69 Å². The van der Waals surface area contributed by atoms with Crippen LogP contribution in [0.4, 0.5) is 5.13 Å². The summed E-state index contributed by atoms with van der Waals surface area (Å²) < 4.78 is 2.08. The molecule has 3 rings (SSSR count). The van der Waals surface area contributed by atoms with Crippen LogP contribution >= 0.6 is 62.8 Å². The predicted octanol–water partition coefficient (Wildman–Crippen LogP) is 6.25. The van der Waals surface area contributed by atoms with Crippen LogP contribution in [0.2, 0.25) is 0 Å². The lowest BCUT2D eigenvalue weighted by atomic mass is 10.3. The Morgan fingerprint density at radius 1 is 1.14 bits per heavy atom. The molecular weight excluding hydrogens is 498 g/mol. The molecule has 2 heterocycles. The van der Waals surface area contributed by atoms with Crippen LogP contribution in [0.1, 0.15) is 23.5 Å². The quantitative estimate of drug-likeness (QED) is 0.329. The summed E-state index contributed by atoms with van der Waals surface area (Å²) in [6.45, 7) is 7.70. The first-order valence-electron chi connectivity index (χ1n) is 8.80. The molecule has 0 aliphatic heterocycles. The van der Waals surface area contributed by atoms with Crippen molar-refractivity contribution in [1.82, 2.24) is 9.88 Å². The Labute approximate surface area is 192 Å². The number of likely N-dealkylation sites (N-methyl/N-ethyl adjacent to an activating group) is 1. The molecule has 0 saturated heterocycles. The highest BCUT2D eigenvalue weighted by atomic mass is 79.9. The van der Waals surface area contributed by atoms with E-state index in [1.54, 1.807) is 23.1 Å². The Morgan fingerprint density at radius 3 is 2.50 bits per heavy atom. The molecule has 0 fully saturated rings. The lowest BCUT2D eigenvalue weighted by Crippen LogP contribution is -2.38. The Hall–Kier alpha value is -0.640. The van der Waals surface area contributed by atoms with Gasteiger partial charge in [0.2, 0.25) is 0 Å². The van der Waals surface area contributed by atoms with Crippen LogP contribution in [0.5, 0.6) is 0 Å². The van der Waals surface area contributed by atoms with Gasteiger partial charge in [0, 0.05) is 18.0 Å². The molecule has 28 heavy (non-hydrogen) atoms. The molecule has 3 aromatic rings. The second kappa shape index (κ2) is 10.9. The number of nitrogens with zero attached hydrogens (tertiary/aromatic N) is 3. The third-order valence-electron chi connectivity index (χ3n) is 4.38. The third kappa shape index (κ3) is 5.29. The Morgan fingerprint density at radius 2 is 1.89 bits per heavy atom. The molecule has 0 aliphatic rings. The largest absolute Gasteiger partial charge is 0.302 e. The van der Waals surface area contributed by atoms with Gasteiger partial charge in [-0.05, 0) is 59.5 Å². The van der Waals surface area contributed by atoms with Gasteiger partial charge < -0.3 is 4.90 Å². The van der Waals surface area contributed by atoms with Gasteiger partial charge in [0.15, 0.2) is 5.13 Å². The van der Waals surface area contributed by atoms with E-state index in [4.69, 9.17) is 4.98 Å². The normalized spacial score (nSPS) is 11.0. The minimum absolute atomic E-state index is 0. The van der Waals surface area contributed by atoms with E-state index >= 15 is 0 Å². The van der Waals surface area contributed by atoms with Crippen molar-refractivity contribution in [3.63, 3.8) is 0 Å². The highest BCUT2D eigenvalue weighted by molar-refractivity contribution is 9.11. The smallest absolute Gasteiger partial charge is 0.270 e. The molecule has 4 nitrogen and oxygen atoms in total. The van der Waals surface area contributed by atoms with E-state index in [-0.39, 0.29) is 18.3 Å². The molecule has 0 unspecified atom stereocenters. The summed E-state index contributed by atoms with van der Waals surface area (Å²) in [5.74, 6) is 0.0163. The number of amides is 1. The molecule has 0 atom stereocenters. The average molecular weight is 521 g/mol. The fourth-order valence-electron chi connectivity index (χ4n) is 2.82. The SMILES string of the molecule is CCN(CC)CCN(C(=O)c1ccc(Br)s1)c1nc2c(SC)cccc2s1.Cl. The molecule has 1 aromatic carbocycles. The van der Waals surface area contributed by atoms with E-state index in [1.807, 2.05) is 17.0 Å². The van der Waals surface area contributed by atoms with E-state index < -0.39 is 0 Å². The minimum atomic E-state index is 0. The van der Waals surface area contributed by atoms with E-state index in [0.29, 0.717) is 6.54 Å². The van der Waals surface area contributed by atoms with Gasteiger partial charge in [0.1, 0.15) is 0 Å². The van der Waals surface area contributed by atoms with Crippen LogP contribution in [-0.2, 0) is 0 Å². The Balaban J connectivity index is 0.00000280. The van der Waals surface area contributed by atoms with Crippen LogP contribution < -0.4 is 4.90 Å². The molecule has 152 valence electrons. The number of carbonyl (C=O) groups excluding carboxylic acids is 1. The predicted molar refractivity (Wildman–Crippen MR) is 130 cm³/mol. The number of halogens is 2. The maximum Gasteiger partial charge on any atom is 0.270 e. The third-order valence-corrected chi connectivity index (χ3v) is 7.81. The number of hydrogen-bond donors (Lipinski definition) is 0. The van der Waals surface area contributed by atoms with Gasteiger partial charge in [-0.2, -0.15) is 0 Å². The van der Waals surface area contributed by atoms with Gasteiger partial charge >= 0.3 is 0 Å². The van der Waals surface area contributed by atoms with Gasteiger partial charge in [-0.25, -0.2) is 4.98 Å². The summed E-state index contributed by atoms with van der Waals surface area (Å²) >= 11 is 8.20. The highest BCUT2D eigenvalue weighted by Gasteiger charge is 2.23. The van der Waals surface area contributed by atoms with Gasteiger partial charge in [0.25, 0.3) is 5.91 Å². The number of rotatable bonds is 8. The fourth-order valence-corrected chi connectivity index (χ4v) is 5.80. The lowest BCUT2D eigenvalue weighted by Gasteiger charge is -2.24. The van der Waals surface area contributed by atoms with Crippen molar-refractivity contribution >= 4 is 84.0 Å². The fraction of sp³-hybridized carbons (Fsp3) is 0.368. The Bertz CT molecular complexity index is 926. The van der Waals surface area contributed by atoms with Crippen LogP contribution in [0.15, 0.2) is 39.0 Å². The summed E-state index contributed by atoms with van der Waals surface area (Å²) in [7, 11) is 0. The van der Waals surface area contributed by atoms with E-state index in [9.17, 15) is 4.79 Å². The van der Waals surface area contributed by atoms with Crippen molar-refractivity contribution in [2.24, 2.45) is 0 Å². The zero-order chi connectivity index (χ0) is 19.4. The van der Waals surface area contributed by atoms with Crippen LogP contribution in [0.25, 0.3) is 10.2 Å². The summed E-state index contributed by atoms with van der Waals surface area (Å²) in [5, 5.41) is 0.771. The molecule has 0 aliphatic carbocycles. The first-order valence-corrected chi connectivity index (χ1v) is 12.5. The van der Waals surface area contributed by atoms with Crippen LogP contribution in [0, 0.1) is 0 Å². The van der Waals surface area contributed by atoms with Crippen molar-refractivity contribution in [2.45, 2.75) is 18.7 Å². The Kier molecular flexibility index (Phi) is 9.24. The second-order valence-corrected chi connectivity index (χ2v) is 10.2. The second-order valence-electron chi connectivity index (χ2n) is 5.89.